The maximum atomic E-state index is 9.08. The summed E-state index contributed by atoms with van der Waals surface area (Å²) < 4.78 is 5.37. The van der Waals surface area contributed by atoms with Crippen molar-refractivity contribution in [3.05, 3.63) is 29.3 Å². The fourth-order valence-corrected chi connectivity index (χ4v) is 2.05. The normalized spacial score (nSPS) is 10.9. The number of aliphatic hydroxyl groups is 1. The van der Waals surface area contributed by atoms with Gasteiger partial charge in [-0.05, 0) is 30.7 Å². The Morgan fingerprint density at radius 3 is 2.67 bits per heavy atom. The third-order valence-electron chi connectivity index (χ3n) is 2.93. The topological polar surface area (TPSA) is 58.7 Å². The van der Waals surface area contributed by atoms with Crippen LogP contribution in [0, 0.1) is 0 Å². The number of hydrogen-bond acceptors (Lipinski definition) is 4. The Morgan fingerprint density at radius 2 is 2.11 bits per heavy atom. The highest BCUT2D eigenvalue weighted by Crippen LogP contribution is 2.21. The highest BCUT2D eigenvalue weighted by molar-refractivity contribution is 5.37. The van der Waals surface area contributed by atoms with Crippen LogP contribution in [-0.4, -0.2) is 36.8 Å². The Hall–Kier alpha value is -1.10. The molecule has 0 saturated carbocycles. The number of nitrogens with zero attached hydrogens (tertiary/aromatic N) is 1. The molecular weight excluding hydrogens is 228 g/mol. The Labute approximate surface area is 109 Å². The van der Waals surface area contributed by atoms with Crippen LogP contribution in [0.2, 0.25) is 0 Å². The molecule has 18 heavy (non-hydrogen) atoms. The van der Waals surface area contributed by atoms with Gasteiger partial charge in [0, 0.05) is 25.2 Å². The lowest BCUT2D eigenvalue weighted by atomic mass is 10.1. The molecule has 102 valence electrons. The first-order valence-electron chi connectivity index (χ1n) is 6.44. The van der Waals surface area contributed by atoms with Crippen LogP contribution in [0.5, 0.6) is 5.75 Å². The largest absolute Gasteiger partial charge is 0.496 e. The highest BCUT2D eigenvalue weighted by Gasteiger charge is 2.09. The van der Waals surface area contributed by atoms with E-state index >= 15 is 0 Å². The van der Waals surface area contributed by atoms with E-state index in [0.29, 0.717) is 13.1 Å². The molecule has 0 spiro atoms. The summed E-state index contributed by atoms with van der Waals surface area (Å²) in [6.07, 6.45) is 1.07. The van der Waals surface area contributed by atoms with Crippen molar-refractivity contribution >= 4 is 0 Å². The molecule has 0 bridgehead atoms. The van der Waals surface area contributed by atoms with Crippen LogP contribution in [0.4, 0.5) is 0 Å². The molecule has 0 heterocycles. The number of benzene rings is 1. The standard InChI is InChI=1S/C14H24N2O2/c1-3-6-16(7-8-17)11-13-9-12(10-15)4-5-14(13)18-2/h4-5,9,17H,3,6-8,10-11,15H2,1-2H3. The van der Waals surface area contributed by atoms with Crippen LogP contribution in [0.25, 0.3) is 0 Å². The van der Waals surface area contributed by atoms with E-state index in [1.165, 1.54) is 0 Å². The third-order valence-corrected chi connectivity index (χ3v) is 2.93. The predicted molar refractivity (Wildman–Crippen MR) is 73.5 cm³/mol. The molecular formula is C14H24N2O2. The van der Waals surface area contributed by atoms with Gasteiger partial charge in [0.2, 0.25) is 0 Å². The lowest BCUT2D eigenvalue weighted by Crippen LogP contribution is -2.27. The van der Waals surface area contributed by atoms with E-state index in [4.69, 9.17) is 15.6 Å². The van der Waals surface area contributed by atoms with Crippen LogP contribution >= 0.6 is 0 Å². The van der Waals surface area contributed by atoms with Gasteiger partial charge in [-0.2, -0.15) is 0 Å². The maximum absolute atomic E-state index is 9.08. The molecule has 0 aliphatic heterocycles. The molecule has 1 rings (SSSR count). The van der Waals surface area contributed by atoms with Gasteiger partial charge in [-0.1, -0.05) is 13.0 Å². The average molecular weight is 252 g/mol. The Bertz CT molecular complexity index is 350. The van der Waals surface area contributed by atoms with E-state index in [2.05, 4.69) is 17.9 Å². The molecule has 0 atom stereocenters. The van der Waals surface area contributed by atoms with Crippen molar-refractivity contribution in [2.45, 2.75) is 26.4 Å². The average Bonchev–Trinajstić information content (AvgIpc) is 2.39. The molecule has 1 aromatic rings. The summed E-state index contributed by atoms with van der Waals surface area (Å²) in [5.74, 6) is 0.881. The van der Waals surface area contributed by atoms with Gasteiger partial charge in [0.25, 0.3) is 0 Å². The molecule has 0 unspecified atom stereocenters. The molecule has 1 aromatic carbocycles. The first kappa shape index (κ1) is 15.0. The van der Waals surface area contributed by atoms with Gasteiger partial charge in [0.1, 0.15) is 5.75 Å². The van der Waals surface area contributed by atoms with E-state index in [1.54, 1.807) is 7.11 Å². The predicted octanol–water partition coefficient (Wildman–Crippen LogP) is 1.36. The quantitative estimate of drug-likeness (QED) is 0.733. The smallest absolute Gasteiger partial charge is 0.123 e. The Balaban J connectivity index is 2.84. The second-order valence-electron chi connectivity index (χ2n) is 4.35. The van der Waals surface area contributed by atoms with Gasteiger partial charge in [-0.3, -0.25) is 4.90 Å². The highest BCUT2D eigenvalue weighted by atomic mass is 16.5. The lowest BCUT2D eigenvalue weighted by molar-refractivity contribution is 0.189. The summed E-state index contributed by atoms with van der Waals surface area (Å²) in [6, 6.07) is 6.03. The lowest BCUT2D eigenvalue weighted by Gasteiger charge is -2.22. The van der Waals surface area contributed by atoms with Crippen molar-refractivity contribution in [1.29, 1.82) is 0 Å². The van der Waals surface area contributed by atoms with Crippen LogP contribution < -0.4 is 10.5 Å². The molecule has 3 N–H and O–H groups in total. The van der Waals surface area contributed by atoms with Crippen LogP contribution in [-0.2, 0) is 13.1 Å². The zero-order valence-corrected chi connectivity index (χ0v) is 11.4. The van der Waals surface area contributed by atoms with Gasteiger partial charge in [-0.25, -0.2) is 0 Å². The van der Waals surface area contributed by atoms with Crippen molar-refractivity contribution in [1.82, 2.24) is 4.90 Å². The molecule has 0 saturated heterocycles. The summed E-state index contributed by atoms with van der Waals surface area (Å²) in [4.78, 5) is 2.22. The number of rotatable bonds is 8. The minimum Gasteiger partial charge on any atom is -0.496 e. The molecule has 0 amide bonds. The molecule has 0 fully saturated rings. The van der Waals surface area contributed by atoms with E-state index < -0.39 is 0 Å². The Morgan fingerprint density at radius 1 is 1.33 bits per heavy atom. The van der Waals surface area contributed by atoms with E-state index in [-0.39, 0.29) is 6.61 Å². The van der Waals surface area contributed by atoms with Crippen molar-refractivity contribution < 1.29 is 9.84 Å². The second-order valence-corrected chi connectivity index (χ2v) is 4.35. The van der Waals surface area contributed by atoms with Crippen LogP contribution in [0.1, 0.15) is 24.5 Å². The first-order valence-corrected chi connectivity index (χ1v) is 6.44. The zero-order chi connectivity index (χ0) is 13.4. The van der Waals surface area contributed by atoms with Gasteiger partial charge < -0.3 is 15.6 Å². The zero-order valence-electron chi connectivity index (χ0n) is 11.4. The molecule has 0 aliphatic rings. The summed E-state index contributed by atoms with van der Waals surface area (Å²) >= 11 is 0. The minimum absolute atomic E-state index is 0.179. The van der Waals surface area contributed by atoms with Crippen molar-refractivity contribution in [2.75, 3.05) is 26.8 Å². The van der Waals surface area contributed by atoms with Crippen LogP contribution in [0.3, 0.4) is 0 Å². The van der Waals surface area contributed by atoms with Gasteiger partial charge in [0.15, 0.2) is 0 Å². The van der Waals surface area contributed by atoms with Crippen molar-refractivity contribution in [2.24, 2.45) is 5.73 Å². The third kappa shape index (κ3) is 4.29. The molecule has 0 aromatic heterocycles. The van der Waals surface area contributed by atoms with Gasteiger partial charge in [-0.15, -0.1) is 0 Å². The van der Waals surface area contributed by atoms with Crippen molar-refractivity contribution in [3.8, 4) is 5.75 Å². The van der Waals surface area contributed by atoms with Crippen molar-refractivity contribution in [3.63, 3.8) is 0 Å². The second kappa shape index (κ2) is 8.08. The minimum atomic E-state index is 0.179. The van der Waals surface area contributed by atoms with Gasteiger partial charge in [0.05, 0.1) is 13.7 Å². The summed E-state index contributed by atoms with van der Waals surface area (Å²) in [5.41, 5.74) is 7.89. The van der Waals surface area contributed by atoms with Gasteiger partial charge >= 0.3 is 0 Å². The molecule has 4 heteroatoms. The summed E-state index contributed by atoms with van der Waals surface area (Å²) in [7, 11) is 1.68. The van der Waals surface area contributed by atoms with E-state index in [9.17, 15) is 0 Å². The number of methoxy groups -OCH3 is 1. The number of aliphatic hydroxyl groups excluding tert-OH is 1. The molecule has 4 nitrogen and oxygen atoms in total. The number of ether oxygens (including phenoxy) is 1. The maximum Gasteiger partial charge on any atom is 0.123 e. The monoisotopic (exact) mass is 252 g/mol. The fourth-order valence-electron chi connectivity index (χ4n) is 2.05. The SMILES string of the molecule is CCCN(CCO)Cc1cc(CN)ccc1OC. The summed E-state index contributed by atoms with van der Waals surface area (Å²) in [6.45, 7) is 5.29. The van der Waals surface area contributed by atoms with E-state index in [0.717, 1.165) is 36.4 Å². The number of nitrogens with two attached hydrogens (primary N) is 1. The molecule has 0 radical (unpaired) electrons. The summed E-state index contributed by atoms with van der Waals surface area (Å²) in [5, 5.41) is 9.08. The number of hydrogen-bond donors (Lipinski definition) is 2. The van der Waals surface area contributed by atoms with Crippen LogP contribution in [0.15, 0.2) is 18.2 Å². The first-order chi connectivity index (χ1) is 8.74. The molecule has 0 aliphatic carbocycles. The van der Waals surface area contributed by atoms with E-state index in [1.807, 2.05) is 12.1 Å². The fraction of sp³-hybridized carbons (Fsp3) is 0.571. The Kier molecular flexibility index (Phi) is 6.72.